The third-order valence-corrected chi connectivity index (χ3v) is 5.57. The molecule has 2 heterocycles. The second kappa shape index (κ2) is 7.96. The zero-order valence-corrected chi connectivity index (χ0v) is 16.1. The molecular formula is C20H17N3O5S. The summed E-state index contributed by atoms with van der Waals surface area (Å²) in [6, 6.07) is 12.2. The SMILES string of the molecule is O=C(Nc1ccc2oc(C(=O)N3CCSCC3)cc2c1)c1ccc([N+](=O)[O-])cc1. The van der Waals surface area contributed by atoms with Gasteiger partial charge in [0.1, 0.15) is 5.58 Å². The van der Waals surface area contributed by atoms with Crippen molar-refractivity contribution in [2.24, 2.45) is 0 Å². The highest BCUT2D eigenvalue weighted by molar-refractivity contribution is 7.99. The molecule has 8 nitrogen and oxygen atoms in total. The molecule has 1 saturated heterocycles. The highest BCUT2D eigenvalue weighted by Crippen LogP contribution is 2.25. The number of hydrogen-bond acceptors (Lipinski definition) is 6. The lowest BCUT2D eigenvalue weighted by molar-refractivity contribution is -0.384. The van der Waals surface area contributed by atoms with Gasteiger partial charge in [-0.25, -0.2) is 0 Å². The van der Waals surface area contributed by atoms with Crippen molar-refractivity contribution < 1.29 is 18.9 Å². The van der Waals surface area contributed by atoms with Crippen molar-refractivity contribution >= 4 is 45.9 Å². The van der Waals surface area contributed by atoms with E-state index in [4.69, 9.17) is 4.42 Å². The number of rotatable bonds is 4. The Hall–Kier alpha value is -3.33. The number of anilines is 1. The number of amides is 2. The highest BCUT2D eigenvalue weighted by atomic mass is 32.2. The van der Waals surface area contributed by atoms with E-state index in [0.717, 1.165) is 11.5 Å². The average molecular weight is 411 g/mol. The van der Waals surface area contributed by atoms with Crippen LogP contribution in [0.3, 0.4) is 0 Å². The standard InChI is InChI=1S/C20H17N3O5S/c24-19(13-1-4-16(5-2-13)23(26)27)21-15-3-6-17-14(11-15)12-18(28-17)20(25)22-7-9-29-10-8-22/h1-6,11-12H,7-10H2,(H,21,24). The molecule has 1 N–H and O–H groups in total. The summed E-state index contributed by atoms with van der Waals surface area (Å²) in [5.41, 5.74) is 1.33. The summed E-state index contributed by atoms with van der Waals surface area (Å²) in [6.07, 6.45) is 0. The van der Waals surface area contributed by atoms with Crippen LogP contribution in [0, 0.1) is 10.1 Å². The summed E-state index contributed by atoms with van der Waals surface area (Å²) in [7, 11) is 0. The molecule has 1 aliphatic rings. The van der Waals surface area contributed by atoms with Gasteiger partial charge in [0.2, 0.25) is 0 Å². The quantitative estimate of drug-likeness (QED) is 0.517. The first-order valence-corrected chi connectivity index (χ1v) is 10.1. The maximum Gasteiger partial charge on any atom is 0.289 e. The van der Waals surface area contributed by atoms with Gasteiger partial charge in [0.15, 0.2) is 5.76 Å². The molecule has 0 atom stereocenters. The number of non-ortho nitro benzene ring substituents is 1. The lowest BCUT2D eigenvalue weighted by Crippen LogP contribution is -2.37. The number of benzene rings is 2. The third-order valence-electron chi connectivity index (χ3n) is 4.62. The van der Waals surface area contributed by atoms with Gasteiger partial charge in [-0.1, -0.05) is 0 Å². The van der Waals surface area contributed by atoms with Gasteiger partial charge in [-0.15, -0.1) is 0 Å². The molecular weight excluding hydrogens is 394 g/mol. The number of fused-ring (bicyclic) bond motifs is 1. The fourth-order valence-corrected chi connectivity index (χ4v) is 3.99. The normalized spacial score (nSPS) is 14.0. The van der Waals surface area contributed by atoms with Gasteiger partial charge >= 0.3 is 0 Å². The van der Waals surface area contributed by atoms with Crippen LogP contribution in [0.25, 0.3) is 11.0 Å². The van der Waals surface area contributed by atoms with E-state index in [9.17, 15) is 19.7 Å². The van der Waals surface area contributed by atoms with E-state index in [0.29, 0.717) is 35.3 Å². The Morgan fingerprint density at radius 1 is 1.07 bits per heavy atom. The first-order valence-electron chi connectivity index (χ1n) is 8.98. The number of nitro benzene ring substituents is 1. The maximum atomic E-state index is 12.6. The van der Waals surface area contributed by atoms with E-state index < -0.39 is 4.92 Å². The minimum absolute atomic E-state index is 0.0779. The number of furan rings is 1. The molecule has 1 aromatic heterocycles. The second-order valence-corrected chi connectivity index (χ2v) is 7.75. The lowest BCUT2D eigenvalue weighted by Gasteiger charge is -2.25. The van der Waals surface area contributed by atoms with Crippen molar-refractivity contribution in [2.45, 2.75) is 0 Å². The van der Waals surface area contributed by atoms with Gasteiger partial charge in [0, 0.05) is 53.4 Å². The third kappa shape index (κ3) is 4.09. The van der Waals surface area contributed by atoms with Crippen LogP contribution in [0.2, 0.25) is 0 Å². The summed E-state index contributed by atoms with van der Waals surface area (Å²) in [6.45, 7) is 1.41. The van der Waals surface area contributed by atoms with Gasteiger partial charge in [-0.05, 0) is 36.4 Å². The first kappa shape index (κ1) is 19.0. The Morgan fingerprint density at radius 3 is 2.48 bits per heavy atom. The molecule has 1 aliphatic heterocycles. The molecule has 2 aromatic carbocycles. The average Bonchev–Trinajstić information content (AvgIpc) is 3.17. The van der Waals surface area contributed by atoms with E-state index in [-0.39, 0.29) is 23.3 Å². The van der Waals surface area contributed by atoms with Crippen LogP contribution >= 0.6 is 11.8 Å². The molecule has 0 saturated carbocycles. The zero-order valence-electron chi connectivity index (χ0n) is 15.3. The fraction of sp³-hybridized carbons (Fsp3) is 0.200. The molecule has 148 valence electrons. The maximum absolute atomic E-state index is 12.6. The molecule has 0 aliphatic carbocycles. The minimum Gasteiger partial charge on any atom is -0.451 e. The molecule has 3 aromatic rings. The van der Waals surface area contributed by atoms with Crippen LogP contribution < -0.4 is 5.32 Å². The molecule has 2 amide bonds. The van der Waals surface area contributed by atoms with E-state index in [2.05, 4.69) is 5.32 Å². The van der Waals surface area contributed by atoms with Crippen molar-refractivity contribution in [3.8, 4) is 0 Å². The predicted molar refractivity (Wildman–Crippen MR) is 110 cm³/mol. The Kier molecular flexibility index (Phi) is 5.22. The minimum atomic E-state index is -0.518. The largest absolute Gasteiger partial charge is 0.451 e. The van der Waals surface area contributed by atoms with Crippen molar-refractivity contribution in [1.29, 1.82) is 0 Å². The molecule has 0 radical (unpaired) electrons. The van der Waals surface area contributed by atoms with Crippen molar-refractivity contribution in [3.63, 3.8) is 0 Å². The second-order valence-electron chi connectivity index (χ2n) is 6.53. The van der Waals surface area contributed by atoms with Crippen LogP contribution in [-0.4, -0.2) is 46.2 Å². The van der Waals surface area contributed by atoms with Gasteiger partial charge in [0.05, 0.1) is 4.92 Å². The number of carbonyl (C=O) groups excluding carboxylic acids is 2. The molecule has 0 bridgehead atoms. The lowest BCUT2D eigenvalue weighted by atomic mass is 10.1. The predicted octanol–water partition coefficient (Wildman–Crippen LogP) is 3.78. The summed E-state index contributed by atoms with van der Waals surface area (Å²) in [5.74, 6) is 1.61. The van der Waals surface area contributed by atoms with Gasteiger partial charge in [-0.3, -0.25) is 19.7 Å². The monoisotopic (exact) mass is 411 g/mol. The summed E-state index contributed by atoms with van der Waals surface area (Å²) < 4.78 is 5.69. The van der Waals surface area contributed by atoms with Crippen LogP contribution in [0.4, 0.5) is 11.4 Å². The van der Waals surface area contributed by atoms with Crippen molar-refractivity contribution in [3.05, 3.63) is 70.0 Å². The summed E-state index contributed by atoms with van der Waals surface area (Å²) in [5, 5.41) is 14.2. The Morgan fingerprint density at radius 2 is 1.79 bits per heavy atom. The van der Waals surface area contributed by atoms with Gasteiger partial charge in [-0.2, -0.15) is 11.8 Å². The van der Waals surface area contributed by atoms with Crippen LogP contribution in [0.5, 0.6) is 0 Å². The first-order chi connectivity index (χ1) is 14.0. The number of hydrogen-bond donors (Lipinski definition) is 1. The Labute approximate surface area is 170 Å². The van der Waals surface area contributed by atoms with Crippen LogP contribution in [0.15, 0.2) is 52.9 Å². The number of nitrogens with one attached hydrogen (secondary N) is 1. The zero-order chi connectivity index (χ0) is 20.4. The number of carbonyl (C=O) groups is 2. The van der Waals surface area contributed by atoms with Crippen LogP contribution in [0.1, 0.15) is 20.9 Å². The summed E-state index contributed by atoms with van der Waals surface area (Å²) in [4.78, 5) is 37.0. The number of thioether (sulfide) groups is 1. The van der Waals surface area contributed by atoms with Crippen molar-refractivity contribution in [2.75, 3.05) is 29.9 Å². The molecule has 29 heavy (non-hydrogen) atoms. The smallest absolute Gasteiger partial charge is 0.289 e. The molecule has 4 rings (SSSR count). The number of nitrogens with zero attached hydrogens (tertiary/aromatic N) is 2. The van der Waals surface area contributed by atoms with E-state index in [1.807, 2.05) is 11.8 Å². The van der Waals surface area contributed by atoms with E-state index in [1.165, 1.54) is 24.3 Å². The van der Waals surface area contributed by atoms with E-state index in [1.54, 1.807) is 29.2 Å². The Balaban J connectivity index is 1.50. The number of nitro groups is 1. The van der Waals surface area contributed by atoms with Gasteiger partial charge < -0.3 is 14.6 Å². The van der Waals surface area contributed by atoms with Gasteiger partial charge in [0.25, 0.3) is 17.5 Å². The molecule has 1 fully saturated rings. The van der Waals surface area contributed by atoms with Crippen molar-refractivity contribution in [1.82, 2.24) is 4.90 Å². The van der Waals surface area contributed by atoms with E-state index >= 15 is 0 Å². The molecule has 0 unspecified atom stereocenters. The summed E-state index contributed by atoms with van der Waals surface area (Å²) >= 11 is 1.83. The Bertz CT molecular complexity index is 1090. The molecule has 9 heteroatoms. The fourth-order valence-electron chi connectivity index (χ4n) is 3.09. The van der Waals surface area contributed by atoms with Crippen LogP contribution in [-0.2, 0) is 0 Å². The highest BCUT2D eigenvalue weighted by Gasteiger charge is 2.22. The molecule has 0 spiro atoms. The topological polar surface area (TPSA) is 106 Å².